The van der Waals surface area contributed by atoms with Crippen molar-refractivity contribution < 1.29 is 4.79 Å². The summed E-state index contributed by atoms with van der Waals surface area (Å²) in [5.41, 5.74) is 8.80. The summed E-state index contributed by atoms with van der Waals surface area (Å²) in [4.78, 5) is 17.3. The normalized spacial score (nSPS) is 15.3. The Hall–Kier alpha value is -3.16. The Morgan fingerprint density at radius 1 is 1.19 bits per heavy atom. The van der Waals surface area contributed by atoms with Gasteiger partial charge < -0.3 is 0 Å². The molecule has 0 aliphatic carbocycles. The molecule has 1 aliphatic heterocycles. The van der Waals surface area contributed by atoms with E-state index in [0.717, 1.165) is 11.3 Å². The van der Waals surface area contributed by atoms with Crippen LogP contribution in [0.2, 0.25) is 5.02 Å². The highest BCUT2D eigenvalue weighted by molar-refractivity contribution is 7.14. The molecule has 4 rings (SSSR count). The maximum atomic E-state index is 12.7. The van der Waals surface area contributed by atoms with Crippen LogP contribution in [-0.4, -0.2) is 16.6 Å². The lowest BCUT2D eigenvalue weighted by Gasteiger charge is -2.10. The number of nitrogens with zero attached hydrogens (tertiary/aromatic N) is 3. The number of rotatable bonds is 4. The lowest BCUT2D eigenvalue weighted by Crippen LogP contribution is -2.34. The number of hydrogen-bond acceptors (Lipinski definition) is 6. The van der Waals surface area contributed by atoms with Crippen molar-refractivity contribution in [3.8, 4) is 11.3 Å². The molecule has 8 heteroatoms. The third kappa shape index (κ3) is 3.55. The minimum absolute atomic E-state index is 0.187. The molecule has 27 heavy (non-hydrogen) atoms. The zero-order chi connectivity index (χ0) is 18.8. The Kier molecular flexibility index (Phi) is 4.62. The molecule has 2 aromatic carbocycles. The van der Waals surface area contributed by atoms with Crippen molar-refractivity contribution in [2.24, 2.45) is 5.10 Å². The molecule has 1 aliphatic rings. The molecule has 0 saturated carbocycles. The molecule has 1 aromatic heterocycles. The first-order valence-corrected chi connectivity index (χ1v) is 9.28. The number of carbonyl (C=O) groups excluding carboxylic acids is 1. The van der Waals surface area contributed by atoms with E-state index in [2.05, 4.69) is 27.5 Å². The highest BCUT2D eigenvalue weighted by atomic mass is 35.5. The van der Waals surface area contributed by atoms with E-state index in [-0.39, 0.29) is 11.6 Å². The van der Waals surface area contributed by atoms with Crippen molar-refractivity contribution in [1.29, 1.82) is 0 Å². The first-order valence-electron chi connectivity index (χ1n) is 8.02. The van der Waals surface area contributed by atoms with E-state index in [1.807, 2.05) is 35.7 Å². The molecule has 6 nitrogen and oxygen atoms in total. The van der Waals surface area contributed by atoms with Gasteiger partial charge in [-0.1, -0.05) is 54.6 Å². The number of hydrogen-bond donors (Lipinski definition) is 2. The number of aromatic nitrogens is 1. The quantitative estimate of drug-likeness (QED) is 0.646. The lowest BCUT2D eigenvalue weighted by molar-refractivity contribution is -0.112. The molecule has 0 atom stereocenters. The Bertz CT molecular complexity index is 1050. The number of anilines is 2. The number of carbonyl (C=O) groups is 1. The summed E-state index contributed by atoms with van der Waals surface area (Å²) in [6.45, 7) is 3.86. The van der Waals surface area contributed by atoms with Crippen molar-refractivity contribution in [2.45, 2.75) is 0 Å². The van der Waals surface area contributed by atoms with Crippen molar-refractivity contribution in [2.75, 3.05) is 10.4 Å². The second-order valence-corrected chi connectivity index (χ2v) is 6.97. The number of amides is 1. The Morgan fingerprint density at radius 2 is 2.00 bits per heavy atom. The second kappa shape index (κ2) is 7.22. The van der Waals surface area contributed by atoms with Crippen LogP contribution < -0.4 is 15.9 Å². The zero-order valence-corrected chi connectivity index (χ0v) is 15.6. The number of hydrazine groups is 1. The molecule has 3 aromatic rings. The van der Waals surface area contributed by atoms with E-state index < -0.39 is 0 Å². The fourth-order valence-corrected chi connectivity index (χ4v) is 3.49. The second-order valence-electron chi connectivity index (χ2n) is 5.69. The fourth-order valence-electron chi connectivity index (χ4n) is 2.51. The summed E-state index contributed by atoms with van der Waals surface area (Å²) in [7, 11) is 0. The molecule has 0 radical (unpaired) electrons. The lowest BCUT2D eigenvalue weighted by atomic mass is 10.2. The first kappa shape index (κ1) is 17.3. The molecule has 1 saturated heterocycles. The van der Waals surface area contributed by atoms with Gasteiger partial charge in [0.05, 0.1) is 17.1 Å². The zero-order valence-electron chi connectivity index (χ0n) is 14.0. The number of nitrogens with one attached hydrogen (secondary N) is 2. The summed E-state index contributed by atoms with van der Waals surface area (Å²) >= 11 is 7.32. The average Bonchev–Trinajstić information content (AvgIpc) is 3.26. The van der Waals surface area contributed by atoms with E-state index in [1.165, 1.54) is 16.3 Å². The van der Waals surface area contributed by atoms with Gasteiger partial charge in [-0.25, -0.2) is 4.98 Å². The van der Waals surface area contributed by atoms with Crippen LogP contribution in [0.15, 0.2) is 77.4 Å². The largest absolute Gasteiger partial charge is 0.301 e. The van der Waals surface area contributed by atoms with Crippen LogP contribution in [0.3, 0.4) is 0 Å². The standard InChI is InChI=1S/C19H14ClN5OS/c1-12-17(23-22-15-9-5-8-14(20)10-15)18(26)25(24-12)19-21-16(11-27-19)13-6-3-2-4-7-13/h2-11,22,24H,1H2/b23-17+. The van der Waals surface area contributed by atoms with Crippen LogP contribution >= 0.6 is 22.9 Å². The Labute approximate surface area is 164 Å². The van der Waals surface area contributed by atoms with Crippen LogP contribution in [-0.2, 0) is 4.79 Å². The molecule has 2 heterocycles. The van der Waals surface area contributed by atoms with Crippen molar-refractivity contribution in [1.82, 2.24) is 10.4 Å². The van der Waals surface area contributed by atoms with Crippen molar-refractivity contribution in [3.63, 3.8) is 0 Å². The van der Waals surface area contributed by atoms with Gasteiger partial charge in [-0.15, -0.1) is 11.3 Å². The smallest absolute Gasteiger partial charge is 0.287 e. The maximum absolute atomic E-state index is 12.7. The average molecular weight is 396 g/mol. The summed E-state index contributed by atoms with van der Waals surface area (Å²) in [6.07, 6.45) is 0. The van der Waals surface area contributed by atoms with Crippen LogP contribution in [0.25, 0.3) is 11.3 Å². The molecular formula is C19H14ClN5OS. The van der Waals surface area contributed by atoms with Gasteiger partial charge in [-0.3, -0.25) is 15.6 Å². The van der Waals surface area contributed by atoms with E-state index in [0.29, 0.717) is 21.5 Å². The topological polar surface area (TPSA) is 69.6 Å². The van der Waals surface area contributed by atoms with E-state index >= 15 is 0 Å². The molecule has 0 spiro atoms. The van der Waals surface area contributed by atoms with Crippen molar-refractivity contribution >= 4 is 45.4 Å². The van der Waals surface area contributed by atoms with Crippen LogP contribution in [0.4, 0.5) is 10.8 Å². The highest BCUT2D eigenvalue weighted by Crippen LogP contribution is 2.28. The van der Waals surface area contributed by atoms with Gasteiger partial charge in [-0.2, -0.15) is 10.1 Å². The Morgan fingerprint density at radius 3 is 2.78 bits per heavy atom. The van der Waals surface area contributed by atoms with E-state index in [9.17, 15) is 4.79 Å². The molecule has 134 valence electrons. The third-order valence-corrected chi connectivity index (χ3v) is 4.87. The van der Waals surface area contributed by atoms with Gasteiger partial charge >= 0.3 is 5.91 Å². The molecular weight excluding hydrogens is 382 g/mol. The number of benzene rings is 2. The summed E-state index contributed by atoms with van der Waals surface area (Å²) < 4.78 is 0. The van der Waals surface area contributed by atoms with Gasteiger partial charge in [-0.05, 0) is 18.2 Å². The number of hydrazone groups is 1. The van der Waals surface area contributed by atoms with Crippen LogP contribution in [0.1, 0.15) is 0 Å². The molecule has 0 unspecified atom stereocenters. The number of halogens is 1. The fraction of sp³-hybridized carbons (Fsp3) is 0. The predicted octanol–water partition coefficient (Wildman–Crippen LogP) is 4.30. The van der Waals surface area contributed by atoms with Gasteiger partial charge in [0.25, 0.3) is 0 Å². The van der Waals surface area contributed by atoms with E-state index in [1.54, 1.807) is 24.3 Å². The SMILES string of the molecule is C=C1NN(c2nc(-c3ccccc3)cs2)C(=O)/C1=N/Nc1cccc(Cl)c1. The minimum Gasteiger partial charge on any atom is -0.287 e. The summed E-state index contributed by atoms with van der Waals surface area (Å²) in [5, 5.41) is 8.52. The molecule has 0 bridgehead atoms. The third-order valence-electron chi connectivity index (χ3n) is 3.81. The minimum atomic E-state index is -0.330. The monoisotopic (exact) mass is 395 g/mol. The van der Waals surface area contributed by atoms with Gasteiger partial charge in [0.1, 0.15) is 0 Å². The molecule has 2 N–H and O–H groups in total. The Balaban J connectivity index is 1.54. The predicted molar refractivity (Wildman–Crippen MR) is 110 cm³/mol. The molecule has 1 amide bonds. The van der Waals surface area contributed by atoms with Crippen molar-refractivity contribution in [3.05, 3.63) is 77.3 Å². The molecule has 1 fully saturated rings. The van der Waals surface area contributed by atoms with Gasteiger partial charge in [0.15, 0.2) is 5.71 Å². The highest BCUT2D eigenvalue weighted by Gasteiger charge is 2.34. The first-order chi connectivity index (χ1) is 13.1. The van der Waals surface area contributed by atoms with Gasteiger partial charge in [0.2, 0.25) is 5.13 Å². The van der Waals surface area contributed by atoms with Crippen LogP contribution in [0, 0.1) is 0 Å². The van der Waals surface area contributed by atoms with Gasteiger partial charge in [0, 0.05) is 16.0 Å². The maximum Gasteiger partial charge on any atom is 0.301 e. The summed E-state index contributed by atoms with van der Waals surface area (Å²) in [6, 6.07) is 16.8. The van der Waals surface area contributed by atoms with E-state index in [4.69, 9.17) is 11.6 Å². The van der Waals surface area contributed by atoms with Crippen LogP contribution in [0.5, 0.6) is 0 Å². The summed E-state index contributed by atoms with van der Waals surface area (Å²) in [5.74, 6) is -0.330. The number of thiazole rings is 1.